The number of carbonyl (C=O) groups is 3. The maximum Gasteiger partial charge on any atom is 0.311 e. The summed E-state index contributed by atoms with van der Waals surface area (Å²) in [7, 11) is -1.44. The Bertz CT molecular complexity index is 1340. The fourth-order valence-corrected chi connectivity index (χ4v) is 13.0. The number of hydrogen-bond donors (Lipinski definition) is 0. The molecule has 2 fully saturated rings. The van der Waals surface area contributed by atoms with E-state index >= 15 is 0 Å². The van der Waals surface area contributed by atoms with Crippen molar-refractivity contribution in [1.82, 2.24) is 0 Å². The standard InChI is InChI=1S/C39H56O7Si/c1-27-30(24-45-47(37(5,6)7,28-17-13-11-14-18-28)29-19-15-12-16-20-29)39(22-21-31(34(39)41)44-26-43-10)33(38(8,9)25-40)23-32(27)46-35(42)36(2,3)4/h11-20,25,27,30-33H,21-24,26H2,1-10H3/t27-,30-,31+,32-,33-,39-/m0/s1. The third-order valence-corrected chi connectivity index (χ3v) is 15.9. The van der Waals surface area contributed by atoms with Crippen LogP contribution in [-0.4, -0.2) is 59.1 Å². The summed E-state index contributed by atoms with van der Waals surface area (Å²) in [4.78, 5) is 41.0. The lowest BCUT2D eigenvalue weighted by Crippen LogP contribution is -2.68. The van der Waals surface area contributed by atoms with Crippen LogP contribution < -0.4 is 10.4 Å². The van der Waals surface area contributed by atoms with E-state index in [1.165, 1.54) is 0 Å². The van der Waals surface area contributed by atoms with Gasteiger partial charge in [-0.2, -0.15) is 0 Å². The number of carbonyl (C=O) groups excluding carboxylic acids is 3. The van der Waals surface area contributed by atoms with Crippen molar-refractivity contribution in [2.45, 2.75) is 98.8 Å². The van der Waals surface area contributed by atoms with Crippen LogP contribution in [-0.2, 0) is 33.0 Å². The second-order valence-electron chi connectivity index (χ2n) is 16.4. The fraction of sp³-hybridized carbons (Fsp3) is 0.615. The van der Waals surface area contributed by atoms with Crippen LogP contribution in [0.4, 0.5) is 0 Å². The summed E-state index contributed by atoms with van der Waals surface area (Å²) in [6.07, 6.45) is 1.33. The first-order chi connectivity index (χ1) is 22.0. The van der Waals surface area contributed by atoms with Crippen LogP contribution in [0.15, 0.2) is 60.7 Å². The summed E-state index contributed by atoms with van der Waals surface area (Å²) in [5.74, 6) is -1.25. The van der Waals surface area contributed by atoms with Crippen molar-refractivity contribution < 1.29 is 33.0 Å². The summed E-state index contributed by atoms with van der Waals surface area (Å²) in [6, 6.07) is 20.9. The SMILES string of the molecule is COCO[C@@H]1CC[C@]2(C1=O)[C@@H](CO[Si](c1ccccc1)(c1ccccc1)C(C)(C)C)[C@H](C)[C@@H](OC(=O)C(C)(C)C)C[C@H]2C(C)(C)C=O. The van der Waals surface area contributed by atoms with Gasteiger partial charge in [0.2, 0.25) is 0 Å². The van der Waals surface area contributed by atoms with Crippen molar-refractivity contribution in [3.63, 3.8) is 0 Å². The first kappa shape index (κ1) is 37.2. The number of aldehydes is 1. The zero-order valence-corrected chi connectivity index (χ0v) is 31.1. The largest absolute Gasteiger partial charge is 0.462 e. The quantitative estimate of drug-likeness (QED) is 0.120. The molecule has 2 aliphatic carbocycles. The minimum absolute atomic E-state index is 0.00188. The van der Waals surface area contributed by atoms with E-state index in [1.54, 1.807) is 7.11 Å². The van der Waals surface area contributed by atoms with Crippen LogP contribution in [0.3, 0.4) is 0 Å². The molecule has 0 bridgehead atoms. The normalized spacial score (nSPS) is 27.2. The van der Waals surface area contributed by atoms with E-state index in [4.69, 9.17) is 18.6 Å². The first-order valence-electron chi connectivity index (χ1n) is 17.0. The van der Waals surface area contributed by atoms with Crippen molar-refractivity contribution in [2.24, 2.45) is 34.0 Å². The van der Waals surface area contributed by atoms with E-state index in [0.717, 1.165) is 16.7 Å². The minimum atomic E-state index is -2.99. The van der Waals surface area contributed by atoms with Gasteiger partial charge in [0.25, 0.3) is 8.32 Å². The van der Waals surface area contributed by atoms with Crippen LogP contribution in [0.25, 0.3) is 0 Å². The average molecular weight is 665 g/mol. The number of ketones is 1. The number of rotatable bonds is 11. The Morgan fingerprint density at radius 1 is 0.936 bits per heavy atom. The lowest BCUT2D eigenvalue weighted by Gasteiger charge is -2.56. The number of esters is 1. The van der Waals surface area contributed by atoms with Gasteiger partial charge >= 0.3 is 5.97 Å². The molecule has 2 saturated carbocycles. The highest BCUT2D eigenvalue weighted by Crippen LogP contribution is 2.61. The molecular formula is C39H56O7Si. The monoisotopic (exact) mass is 664 g/mol. The van der Waals surface area contributed by atoms with Gasteiger partial charge < -0.3 is 23.4 Å². The van der Waals surface area contributed by atoms with Gasteiger partial charge in [0.15, 0.2) is 5.78 Å². The molecule has 47 heavy (non-hydrogen) atoms. The van der Waals surface area contributed by atoms with Crippen molar-refractivity contribution >= 4 is 36.7 Å². The Morgan fingerprint density at radius 2 is 1.49 bits per heavy atom. The zero-order valence-electron chi connectivity index (χ0n) is 30.1. The molecule has 0 aromatic heterocycles. The van der Waals surface area contributed by atoms with Gasteiger partial charge in [-0.15, -0.1) is 0 Å². The van der Waals surface area contributed by atoms with Gasteiger partial charge in [0.05, 0.1) is 5.41 Å². The number of Topliss-reactive ketones (excluding diaryl/α,β-unsaturated/α-hetero) is 1. The Morgan fingerprint density at radius 3 is 1.96 bits per heavy atom. The predicted octanol–water partition coefficient (Wildman–Crippen LogP) is 6.36. The first-order valence-corrected chi connectivity index (χ1v) is 19.0. The predicted molar refractivity (Wildman–Crippen MR) is 187 cm³/mol. The molecule has 0 heterocycles. The zero-order chi connectivity index (χ0) is 34.8. The van der Waals surface area contributed by atoms with E-state index in [0.29, 0.717) is 19.3 Å². The highest BCUT2D eigenvalue weighted by Gasteiger charge is 2.66. The summed E-state index contributed by atoms with van der Waals surface area (Å²) in [5.41, 5.74) is -2.49. The van der Waals surface area contributed by atoms with E-state index in [2.05, 4.69) is 76.2 Å². The third kappa shape index (κ3) is 6.94. The van der Waals surface area contributed by atoms with Gasteiger partial charge in [-0.05, 0) is 67.3 Å². The molecule has 1 spiro atoms. The number of hydrogen-bond acceptors (Lipinski definition) is 7. The van der Waals surface area contributed by atoms with Crippen molar-refractivity contribution in [3.8, 4) is 0 Å². The van der Waals surface area contributed by atoms with Crippen molar-refractivity contribution in [1.29, 1.82) is 0 Å². The minimum Gasteiger partial charge on any atom is -0.462 e. The molecule has 2 aliphatic rings. The molecule has 2 aromatic carbocycles. The van der Waals surface area contributed by atoms with Crippen LogP contribution >= 0.6 is 0 Å². The van der Waals surface area contributed by atoms with Gasteiger partial charge in [0.1, 0.15) is 25.3 Å². The lowest BCUT2D eigenvalue weighted by molar-refractivity contribution is -0.185. The summed E-state index contributed by atoms with van der Waals surface area (Å²) in [6.45, 7) is 18.4. The second kappa shape index (κ2) is 14.1. The maximum absolute atomic E-state index is 14.8. The van der Waals surface area contributed by atoms with Crippen LogP contribution in [0.5, 0.6) is 0 Å². The molecule has 0 saturated heterocycles. The van der Waals surface area contributed by atoms with Gasteiger partial charge in [0, 0.05) is 30.5 Å². The molecule has 2 aromatic rings. The molecule has 0 aliphatic heterocycles. The highest BCUT2D eigenvalue weighted by molar-refractivity contribution is 6.99. The van der Waals surface area contributed by atoms with E-state index in [1.807, 2.05) is 46.8 Å². The van der Waals surface area contributed by atoms with Crippen molar-refractivity contribution in [2.75, 3.05) is 20.5 Å². The smallest absolute Gasteiger partial charge is 0.311 e. The molecule has 6 atom stereocenters. The van der Waals surface area contributed by atoms with Gasteiger partial charge in [-0.1, -0.05) is 102 Å². The molecule has 4 rings (SSSR count). The van der Waals surface area contributed by atoms with E-state index in [-0.39, 0.29) is 42.0 Å². The Hall–Kier alpha value is -2.65. The second-order valence-corrected chi connectivity index (χ2v) is 20.7. The molecule has 7 nitrogen and oxygen atoms in total. The van der Waals surface area contributed by atoms with Crippen LogP contribution in [0.2, 0.25) is 5.04 Å². The molecule has 258 valence electrons. The van der Waals surface area contributed by atoms with Gasteiger partial charge in [-0.25, -0.2) is 0 Å². The summed E-state index contributed by atoms with van der Waals surface area (Å²) >= 11 is 0. The van der Waals surface area contributed by atoms with Crippen LogP contribution in [0.1, 0.15) is 81.6 Å². The number of methoxy groups -OCH3 is 1. The number of benzene rings is 2. The summed E-state index contributed by atoms with van der Waals surface area (Å²) < 4.78 is 25.0. The molecule has 8 heteroatoms. The van der Waals surface area contributed by atoms with E-state index < -0.39 is 42.7 Å². The molecule has 0 N–H and O–H groups in total. The molecular weight excluding hydrogens is 609 g/mol. The fourth-order valence-electron chi connectivity index (χ4n) is 8.39. The Balaban J connectivity index is 1.91. The Kier molecular flexibility index (Phi) is 11.1. The highest BCUT2D eigenvalue weighted by atomic mass is 28.4. The molecule has 0 amide bonds. The average Bonchev–Trinajstić information content (AvgIpc) is 3.34. The van der Waals surface area contributed by atoms with E-state index in [9.17, 15) is 14.4 Å². The molecule has 0 radical (unpaired) electrons. The van der Waals surface area contributed by atoms with Gasteiger partial charge in [-0.3, -0.25) is 9.59 Å². The third-order valence-electron chi connectivity index (χ3n) is 10.9. The number of ether oxygens (including phenoxy) is 3. The molecule has 0 unspecified atom stereocenters. The maximum atomic E-state index is 14.8. The summed E-state index contributed by atoms with van der Waals surface area (Å²) in [5, 5.41) is 2.02. The van der Waals surface area contributed by atoms with Crippen LogP contribution in [0, 0.1) is 34.0 Å². The topological polar surface area (TPSA) is 88.1 Å². The lowest BCUT2D eigenvalue weighted by atomic mass is 9.49. The Labute approximate surface area is 283 Å². The van der Waals surface area contributed by atoms with Crippen molar-refractivity contribution in [3.05, 3.63) is 60.7 Å².